The molecule has 3 amide bonds. The number of thiazole rings is 1. The van der Waals surface area contributed by atoms with Crippen LogP contribution in [0.3, 0.4) is 0 Å². The maximum atomic E-state index is 12.8. The van der Waals surface area contributed by atoms with Crippen LogP contribution >= 0.6 is 11.3 Å². The van der Waals surface area contributed by atoms with E-state index in [0.717, 1.165) is 17.7 Å². The van der Waals surface area contributed by atoms with Gasteiger partial charge in [-0.05, 0) is 37.1 Å². The molecule has 0 fully saturated rings. The second kappa shape index (κ2) is 11.2. The normalized spacial score (nSPS) is 10.4. The summed E-state index contributed by atoms with van der Waals surface area (Å²) in [6.07, 6.45) is 0.800. The topological polar surface area (TPSA) is 91.4 Å². The van der Waals surface area contributed by atoms with Crippen molar-refractivity contribution >= 4 is 39.9 Å². The molecule has 1 heterocycles. The van der Waals surface area contributed by atoms with Crippen molar-refractivity contribution in [3.63, 3.8) is 0 Å². The lowest BCUT2D eigenvalue weighted by atomic mass is 10.2. The first kappa shape index (κ1) is 23.1. The van der Waals surface area contributed by atoms with E-state index in [1.807, 2.05) is 44.2 Å². The highest BCUT2D eigenvalue weighted by Crippen LogP contribution is 2.18. The van der Waals surface area contributed by atoms with Crippen molar-refractivity contribution in [1.82, 2.24) is 9.88 Å². The lowest BCUT2D eigenvalue weighted by Gasteiger charge is -2.21. The van der Waals surface area contributed by atoms with Gasteiger partial charge < -0.3 is 10.2 Å². The third kappa shape index (κ3) is 6.49. The van der Waals surface area contributed by atoms with Gasteiger partial charge in [-0.2, -0.15) is 0 Å². The molecule has 0 aliphatic carbocycles. The van der Waals surface area contributed by atoms with Crippen LogP contribution < -0.4 is 10.6 Å². The molecule has 8 heteroatoms. The summed E-state index contributed by atoms with van der Waals surface area (Å²) in [6.45, 7) is 4.32. The third-order valence-corrected chi connectivity index (χ3v) is 5.55. The van der Waals surface area contributed by atoms with Crippen molar-refractivity contribution in [3.8, 4) is 0 Å². The van der Waals surface area contributed by atoms with Crippen molar-refractivity contribution in [2.75, 3.05) is 23.7 Å². The minimum absolute atomic E-state index is 0.0251. The van der Waals surface area contributed by atoms with E-state index in [1.165, 1.54) is 16.2 Å². The summed E-state index contributed by atoms with van der Waals surface area (Å²) in [5.74, 6) is -0.675. The smallest absolute Gasteiger partial charge is 0.257 e. The molecule has 3 aromatic rings. The minimum Gasteiger partial charge on any atom is -0.333 e. The molecule has 0 aliphatic heterocycles. The summed E-state index contributed by atoms with van der Waals surface area (Å²) in [7, 11) is 0. The van der Waals surface area contributed by atoms with E-state index < -0.39 is 0 Å². The highest BCUT2D eigenvalue weighted by atomic mass is 32.1. The third-order valence-electron chi connectivity index (χ3n) is 4.74. The van der Waals surface area contributed by atoms with Gasteiger partial charge in [0.25, 0.3) is 5.91 Å². The minimum atomic E-state index is -0.252. The van der Waals surface area contributed by atoms with Gasteiger partial charge in [0.05, 0.1) is 18.7 Å². The van der Waals surface area contributed by atoms with Gasteiger partial charge in [0.15, 0.2) is 5.13 Å². The Kier molecular flexibility index (Phi) is 8.10. The van der Waals surface area contributed by atoms with Gasteiger partial charge in [-0.1, -0.05) is 43.3 Å². The Bertz CT molecular complexity index is 1080. The maximum absolute atomic E-state index is 12.8. The van der Waals surface area contributed by atoms with E-state index >= 15 is 0 Å². The van der Waals surface area contributed by atoms with E-state index in [9.17, 15) is 14.4 Å². The number of aromatic nitrogens is 1. The summed E-state index contributed by atoms with van der Waals surface area (Å²) >= 11 is 1.26. The second-order valence-electron chi connectivity index (χ2n) is 7.32. The standard InChI is InChI=1S/C24H26N4O3S/c1-3-13-28(15-21(29)26-20-12-8-7-9-17(20)2)22(30)14-19-16-32-24(25-19)27-23(31)18-10-5-4-6-11-18/h4-12,16H,3,13-15H2,1-2H3,(H,26,29)(H,25,27,31). The molecular weight excluding hydrogens is 424 g/mol. The lowest BCUT2D eigenvalue weighted by Crippen LogP contribution is -2.39. The second-order valence-corrected chi connectivity index (χ2v) is 8.18. The summed E-state index contributed by atoms with van der Waals surface area (Å²) in [6, 6.07) is 16.4. The lowest BCUT2D eigenvalue weighted by molar-refractivity contribution is -0.134. The van der Waals surface area contributed by atoms with Crippen LogP contribution in [0.5, 0.6) is 0 Å². The number of benzene rings is 2. The predicted molar refractivity (Wildman–Crippen MR) is 127 cm³/mol. The Hall–Kier alpha value is -3.52. The zero-order chi connectivity index (χ0) is 22.9. The number of para-hydroxylation sites is 1. The summed E-state index contributed by atoms with van der Waals surface area (Å²) in [5, 5.41) is 7.79. The fraction of sp³-hybridized carbons (Fsp3) is 0.250. The Morgan fingerprint density at radius 1 is 1.00 bits per heavy atom. The van der Waals surface area contributed by atoms with Crippen LogP contribution in [0.15, 0.2) is 60.0 Å². The van der Waals surface area contributed by atoms with Gasteiger partial charge in [0.1, 0.15) is 0 Å². The van der Waals surface area contributed by atoms with Gasteiger partial charge >= 0.3 is 0 Å². The Balaban J connectivity index is 1.58. The average molecular weight is 451 g/mol. The van der Waals surface area contributed by atoms with Crippen LogP contribution in [-0.2, 0) is 16.0 Å². The quantitative estimate of drug-likeness (QED) is 0.513. The number of hydrogen-bond acceptors (Lipinski definition) is 5. The Labute approximate surface area is 191 Å². The highest BCUT2D eigenvalue weighted by molar-refractivity contribution is 7.14. The molecule has 2 N–H and O–H groups in total. The molecule has 2 aromatic carbocycles. The highest BCUT2D eigenvalue weighted by Gasteiger charge is 2.19. The van der Waals surface area contributed by atoms with Crippen LogP contribution in [0.1, 0.15) is 35.0 Å². The number of hydrogen-bond donors (Lipinski definition) is 2. The number of carbonyl (C=O) groups is 3. The van der Waals surface area contributed by atoms with E-state index in [-0.39, 0.29) is 30.7 Å². The van der Waals surface area contributed by atoms with Crippen LogP contribution in [0.2, 0.25) is 0 Å². The van der Waals surface area contributed by atoms with Crippen molar-refractivity contribution in [2.24, 2.45) is 0 Å². The van der Waals surface area contributed by atoms with Gasteiger partial charge in [0.2, 0.25) is 11.8 Å². The number of carbonyl (C=O) groups excluding carboxylic acids is 3. The van der Waals surface area contributed by atoms with E-state index in [0.29, 0.717) is 22.9 Å². The summed E-state index contributed by atoms with van der Waals surface area (Å²) in [4.78, 5) is 43.5. The number of aryl methyl sites for hydroxylation is 1. The van der Waals surface area contributed by atoms with Crippen LogP contribution in [0, 0.1) is 6.92 Å². The fourth-order valence-corrected chi connectivity index (χ4v) is 3.81. The number of nitrogens with one attached hydrogen (secondary N) is 2. The Morgan fingerprint density at radius 2 is 1.72 bits per heavy atom. The molecule has 0 saturated heterocycles. The molecule has 7 nitrogen and oxygen atoms in total. The average Bonchev–Trinajstić information content (AvgIpc) is 3.22. The molecule has 0 atom stereocenters. The number of amides is 3. The van der Waals surface area contributed by atoms with Crippen molar-refractivity contribution in [1.29, 1.82) is 0 Å². The summed E-state index contributed by atoms with van der Waals surface area (Å²) < 4.78 is 0. The van der Waals surface area contributed by atoms with Gasteiger partial charge in [-0.3, -0.25) is 19.7 Å². The molecule has 0 unspecified atom stereocenters. The van der Waals surface area contributed by atoms with Crippen LogP contribution in [0.25, 0.3) is 0 Å². The SMILES string of the molecule is CCCN(CC(=O)Nc1ccccc1C)C(=O)Cc1csc(NC(=O)c2ccccc2)n1. The van der Waals surface area contributed by atoms with E-state index in [4.69, 9.17) is 0 Å². The molecule has 1 aromatic heterocycles. The van der Waals surface area contributed by atoms with Crippen molar-refractivity contribution in [3.05, 3.63) is 76.8 Å². The molecule has 0 saturated carbocycles. The molecular formula is C24H26N4O3S. The van der Waals surface area contributed by atoms with E-state index in [1.54, 1.807) is 29.6 Å². The fourth-order valence-electron chi connectivity index (χ4n) is 3.11. The van der Waals surface area contributed by atoms with Gasteiger partial charge in [-0.15, -0.1) is 11.3 Å². The van der Waals surface area contributed by atoms with E-state index in [2.05, 4.69) is 15.6 Å². The zero-order valence-corrected chi connectivity index (χ0v) is 18.9. The first-order valence-corrected chi connectivity index (χ1v) is 11.3. The number of rotatable bonds is 9. The monoisotopic (exact) mass is 450 g/mol. The largest absolute Gasteiger partial charge is 0.333 e. The van der Waals surface area contributed by atoms with Crippen LogP contribution in [0.4, 0.5) is 10.8 Å². The summed E-state index contributed by atoms with van der Waals surface area (Å²) in [5.41, 5.74) is 2.79. The van der Waals surface area contributed by atoms with Crippen molar-refractivity contribution < 1.29 is 14.4 Å². The zero-order valence-electron chi connectivity index (χ0n) is 18.1. The first-order valence-electron chi connectivity index (χ1n) is 10.4. The molecule has 0 aliphatic rings. The molecule has 166 valence electrons. The first-order chi connectivity index (χ1) is 15.5. The van der Waals surface area contributed by atoms with Crippen LogP contribution in [-0.4, -0.2) is 40.7 Å². The number of nitrogens with zero attached hydrogens (tertiary/aromatic N) is 2. The molecule has 32 heavy (non-hydrogen) atoms. The van der Waals surface area contributed by atoms with Crippen molar-refractivity contribution in [2.45, 2.75) is 26.7 Å². The maximum Gasteiger partial charge on any atom is 0.257 e. The van der Waals surface area contributed by atoms with Gasteiger partial charge in [0, 0.05) is 23.2 Å². The molecule has 3 rings (SSSR count). The molecule has 0 bridgehead atoms. The Morgan fingerprint density at radius 3 is 2.44 bits per heavy atom. The molecule has 0 spiro atoms. The van der Waals surface area contributed by atoms with Gasteiger partial charge in [-0.25, -0.2) is 4.98 Å². The molecule has 0 radical (unpaired) electrons. The number of anilines is 2. The predicted octanol–water partition coefficient (Wildman–Crippen LogP) is 4.12.